The molecule has 0 spiro atoms. The number of carbonyl (C=O) groups excluding carboxylic acids is 1. The number of pyridine rings is 1. The van der Waals surface area contributed by atoms with Crippen molar-refractivity contribution in [1.29, 1.82) is 0 Å². The van der Waals surface area contributed by atoms with E-state index in [2.05, 4.69) is 36.0 Å². The van der Waals surface area contributed by atoms with Crippen LogP contribution in [-0.4, -0.2) is 40.5 Å². The summed E-state index contributed by atoms with van der Waals surface area (Å²) in [6.45, 7) is 10.5. The van der Waals surface area contributed by atoms with Crippen LogP contribution < -0.4 is 5.32 Å². The predicted molar refractivity (Wildman–Crippen MR) is 80.8 cm³/mol. The number of aryl methyl sites for hydroxylation is 1. The van der Waals surface area contributed by atoms with E-state index in [1.165, 1.54) is 0 Å². The molecule has 1 aliphatic heterocycles. The normalized spacial score (nSPS) is 19.1. The third-order valence-electron chi connectivity index (χ3n) is 4.30. The van der Waals surface area contributed by atoms with Gasteiger partial charge in [0.2, 0.25) is 0 Å². The summed E-state index contributed by atoms with van der Waals surface area (Å²) in [7, 11) is 0. The Morgan fingerprint density at radius 1 is 1.40 bits per heavy atom. The molecule has 0 aliphatic carbocycles. The van der Waals surface area contributed by atoms with E-state index in [0.29, 0.717) is 11.6 Å². The summed E-state index contributed by atoms with van der Waals surface area (Å²) >= 11 is 0. The van der Waals surface area contributed by atoms with Crippen molar-refractivity contribution in [3.8, 4) is 0 Å². The maximum atomic E-state index is 12.4. The zero-order chi connectivity index (χ0) is 14.8. The minimum atomic E-state index is -0.106. The van der Waals surface area contributed by atoms with Gasteiger partial charge in [0.1, 0.15) is 0 Å². The fourth-order valence-electron chi connectivity index (χ4n) is 2.72. The lowest BCUT2D eigenvalue weighted by atomic mass is 9.88. The van der Waals surface area contributed by atoms with Gasteiger partial charge in [0, 0.05) is 36.6 Å². The Morgan fingerprint density at radius 3 is 2.60 bits per heavy atom. The van der Waals surface area contributed by atoms with Crippen LogP contribution in [0.2, 0.25) is 0 Å². The highest BCUT2D eigenvalue weighted by atomic mass is 16.1. The van der Waals surface area contributed by atoms with Crippen molar-refractivity contribution in [3.63, 3.8) is 0 Å². The first kappa shape index (κ1) is 15.0. The molecule has 0 atom stereocenters. The van der Waals surface area contributed by atoms with E-state index in [-0.39, 0.29) is 11.4 Å². The minimum absolute atomic E-state index is 0.00361. The Hall–Kier alpha value is -1.42. The maximum Gasteiger partial charge on any atom is 0.253 e. The third kappa shape index (κ3) is 3.37. The molecule has 1 aromatic rings. The second kappa shape index (κ2) is 5.92. The van der Waals surface area contributed by atoms with Crippen molar-refractivity contribution in [1.82, 2.24) is 15.2 Å². The molecular formula is C16H25N3O. The third-order valence-corrected chi connectivity index (χ3v) is 4.30. The quantitative estimate of drug-likeness (QED) is 0.921. The molecule has 1 saturated heterocycles. The van der Waals surface area contributed by atoms with Crippen LogP contribution in [0.5, 0.6) is 0 Å². The van der Waals surface area contributed by atoms with Crippen molar-refractivity contribution in [2.75, 3.05) is 13.1 Å². The molecule has 2 rings (SSSR count). The topological polar surface area (TPSA) is 45.2 Å². The maximum absolute atomic E-state index is 12.4. The number of hydrogen-bond donors (Lipinski definition) is 1. The summed E-state index contributed by atoms with van der Waals surface area (Å²) < 4.78 is 0. The van der Waals surface area contributed by atoms with Crippen LogP contribution in [-0.2, 0) is 0 Å². The molecule has 0 unspecified atom stereocenters. The number of rotatable bonds is 3. The number of nitrogens with zero attached hydrogens (tertiary/aromatic N) is 2. The Balaban J connectivity index is 2.00. The molecule has 1 N–H and O–H groups in total. The van der Waals surface area contributed by atoms with Gasteiger partial charge in [0.25, 0.3) is 5.91 Å². The monoisotopic (exact) mass is 275 g/mol. The van der Waals surface area contributed by atoms with Crippen molar-refractivity contribution in [2.24, 2.45) is 0 Å². The van der Waals surface area contributed by atoms with Crippen molar-refractivity contribution < 1.29 is 4.79 Å². The molecule has 2 heterocycles. The van der Waals surface area contributed by atoms with Gasteiger partial charge in [-0.05, 0) is 52.7 Å². The van der Waals surface area contributed by atoms with Crippen LogP contribution in [0.15, 0.2) is 18.3 Å². The molecule has 1 aliphatic rings. The molecule has 1 amide bonds. The van der Waals surface area contributed by atoms with Crippen LogP contribution >= 0.6 is 0 Å². The van der Waals surface area contributed by atoms with Gasteiger partial charge >= 0.3 is 0 Å². The largest absolute Gasteiger partial charge is 0.347 e. The van der Waals surface area contributed by atoms with Gasteiger partial charge in [0.05, 0.1) is 5.56 Å². The van der Waals surface area contributed by atoms with Gasteiger partial charge in [-0.25, -0.2) is 0 Å². The minimum Gasteiger partial charge on any atom is -0.347 e. The first-order chi connectivity index (χ1) is 9.41. The number of nitrogens with one attached hydrogen (secondary N) is 1. The fourth-order valence-corrected chi connectivity index (χ4v) is 2.72. The Labute approximate surface area is 121 Å². The van der Waals surface area contributed by atoms with Crippen LogP contribution in [0.1, 0.15) is 49.7 Å². The zero-order valence-electron chi connectivity index (χ0n) is 12.9. The van der Waals surface area contributed by atoms with Crippen molar-refractivity contribution >= 4 is 5.91 Å². The van der Waals surface area contributed by atoms with E-state index in [1.807, 2.05) is 19.1 Å². The van der Waals surface area contributed by atoms with Crippen LogP contribution in [0, 0.1) is 6.92 Å². The average molecular weight is 275 g/mol. The summed E-state index contributed by atoms with van der Waals surface area (Å²) in [6.07, 6.45) is 3.71. The molecular weight excluding hydrogens is 250 g/mol. The van der Waals surface area contributed by atoms with Gasteiger partial charge in [-0.1, -0.05) is 0 Å². The van der Waals surface area contributed by atoms with E-state index in [1.54, 1.807) is 6.20 Å². The number of carbonyl (C=O) groups is 1. The molecule has 1 aromatic heterocycles. The number of aromatic nitrogens is 1. The van der Waals surface area contributed by atoms with E-state index >= 15 is 0 Å². The van der Waals surface area contributed by atoms with Gasteiger partial charge < -0.3 is 10.2 Å². The highest BCUT2D eigenvalue weighted by molar-refractivity contribution is 5.95. The number of hydrogen-bond acceptors (Lipinski definition) is 3. The highest BCUT2D eigenvalue weighted by Crippen LogP contribution is 2.23. The van der Waals surface area contributed by atoms with Gasteiger partial charge in [-0.3, -0.25) is 9.78 Å². The number of likely N-dealkylation sites (tertiary alicyclic amines) is 1. The number of piperidine rings is 1. The van der Waals surface area contributed by atoms with Crippen LogP contribution in [0.3, 0.4) is 0 Å². The first-order valence-electron chi connectivity index (χ1n) is 7.39. The molecule has 4 nitrogen and oxygen atoms in total. The van der Waals surface area contributed by atoms with Crippen molar-refractivity contribution in [2.45, 2.75) is 52.1 Å². The molecule has 0 bridgehead atoms. The smallest absolute Gasteiger partial charge is 0.253 e. The Kier molecular flexibility index (Phi) is 4.43. The van der Waals surface area contributed by atoms with E-state index in [9.17, 15) is 4.79 Å². The number of amides is 1. The first-order valence-corrected chi connectivity index (χ1v) is 7.39. The molecule has 1 fully saturated rings. The molecule has 0 aromatic carbocycles. The lowest BCUT2D eigenvalue weighted by molar-refractivity contribution is 0.0800. The summed E-state index contributed by atoms with van der Waals surface area (Å²) in [5.74, 6) is -0.00361. The highest BCUT2D eigenvalue weighted by Gasteiger charge is 2.32. The molecule has 4 heteroatoms. The van der Waals surface area contributed by atoms with Crippen LogP contribution in [0.4, 0.5) is 0 Å². The van der Waals surface area contributed by atoms with Crippen LogP contribution in [0.25, 0.3) is 0 Å². The van der Waals surface area contributed by atoms with Gasteiger partial charge in [0.15, 0.2) is 0 Å². The fraction of sp³-hybridized carbons (Fsp3) is 0.625. The predicted octanol–water partition coefficient (Wildman–Crippen LogP) is 2.38. The van der Waals surface area contributed by atoms with E-state index < -0.39 is 0 Å². The zero-order valence-corrected chi connectivity index (χ0v) is 12.9. The van der Waals surface area contributed by atoms with Gasteiger partial charge in [-0.2, -0.15) is 0 Å². The lowest BCUT2D eigenvalue weighted by Gasteiger charge is -2.41. The summed E-state index contributed by atoms with van der Waals surface area (Å²) in [5.41, 5.74) is 1.36. The molecule has 110 valence electrons. The molecule has 0 saturated carbocycles. The summed E-state index contributed by atoms with van der Waals surface area (Å²) in [5, 5.41) is 3.21. The Morgan fingerprint density at radius 2 is 2.05 bits per heavy atom. The van der Waals surface area contributed by atoms with E-state index in [0.717, 1.165) is 31.6 Å². The Bertz CT molecular complexity index is 476. The second-order valence-electron chi connectivity index (χ2n) is 6.28. The lowest BCUT2D eigenvalue weighted by Crippen LogP contribution is -2.54. The SMILES string of the molecule is Cc1ncccc1C(=O)NC1(C)CCN(C(C)C)CC1. The summed E-state index contributed by atoms with van der Waals surface area (Å²) in [6, 6.07) is 4.23. The molecule has 0 radical (unpaired) electrons. The standard InChI is InChI=1S/C16H25N3O/c1-12(2)19-10-7-16(4,8-11-19)18-15(20)14-6-5-9-17-13(14)3/h5-6,9,12H,7-8,10-11H2,1-4H3,(H,18,20). The van der Waals surface area contributed by atoms with E-state index in [4.69, 9.17) is 0 Å². The summed E-state index contributed by atoms with van der Waals surface area (Å²) in [4.78, 5) is 19.0. The van der Waals surface area contributed by atoms with Crippen molar-refractivity contribution in [3.05, 3.63) is 29.6 Å². The average Bonchev–Trinajstić information content (AvgIpc) is 2.39. The van der Waals surface area contributed by atoms with Gasteiger partial charge in [-0.15, -0.1) is 0 Å². The second-order valence-corrected chi connectivity index (χ2v) is 6.28. The molecule has 20 heavy (non-hydrogen) atoms.